The van der Waals surface area contributed by atoms with Crippen LogP contribution in [-0.2, 0) is 23.2 Å². The molecule has 1 amide bonds. The van der Waals surface area contributed by atoms with Crippen molar-refractivity contribution in [3.8, 4) is 17.2 Å². The summed E-state index contributed by atoms with van der Waals surface area (Å²) in [6.45, 7) is 3.88. The van der Waals surface area contributed by atoms with E-state index in [1.807, 2.05) is 68.8 Å². The van der Waals surface area contributed by atoms with Crippen molar-refractivity contribution in [3.05, 3.63) is 60.9 Å². The van der Waals surface area contributed by atoms with E-state index < -0.39 is 11.9 Å². The predicted molar refractivity (Wildman–Crippen MR) is 150 cm³/mol. The molecule has 0 bridgehead atoms. The van der Waals surface area contributed by atoms with E-state index in [-0.39, 0.29) is 31.2 Å². The van der Waals surface area contributed by atoms with Gasteiger partial charge in [-0.05, 0) is 36.6 Å². The summed E-state index contributed by atoms with van der Waals surface area (Å²) in [6, 6.07) is 7.18. The van der Waals surface area contributed by atoms with Crippen LogP contribution in [0.15, 0.2) is 55.4 Å². The predicted octanol–water partition coefficient (Wildman–Crippen LogP) is 2.84. The number of carbonyl (C=O) groups excluding carboxylic acids is 1. The second-order valence-electron chi connectivity index (χ2n) is 10.6. The summed E-state index contributed by atoms with van der Waals surface area (Å²) < 4.78 is 20.6. The number of pyridine rings is 1. The highest BCUT2D eigenvalue weighted by molar-refractivity contribution is 5.94. The van der Waals surface area contributed by atoms with Crippen LogP contribution in [0.2, 0.25) is 0 Å². The number of carboxylic acids is 1. The summed E-state index contributed by atoms with van der Waals surface area (Å²) in [5.41, 5.74) is 1.62. The van der Waals surface area contributed by atoms with Gasteiger partial charge in [-0.3, -0.25) is 14.5 Å². The van der Waals surface area contributed by atoms with E-state index in [0.717, 1.165) is 24.1 Å². The lowest BCUT2D eigenvalue weighted by Crippen LogP contribution is -2.45. The second-order valence-corrected chi connectivity index (χ2v) is 10.6. The molecule has 1 aromatic carbocycles. The molecule has 4 heterocycles. The topological polar surface area (TPSA) is 110 Å². The van der Waals surface area contributed by atoms with Crippen LogP contribution in [0.3, 0.4) is 0 Å². The summed E-state index contributed by atoms with van der Waals surface area (Å²) in [4.78, 5) is 34.8. The van der Waals surface area contributed by atoms with Crippen molar-refractivity contribution in [2.75, 3.05) is 38.4 Å². The van der Waals surface area contributed by atoms with Crippen molar-refractivity contribution in [2.24, 2.45) is 13.0 Å². The smallest absolute Gasteiger partial charge is 0.308 e. The van der Waals surface area contributed by atoms with Crippen LogP contribution in [0.4, 0.5) is 5.69 Å². The number of unbranched alkanes of at least 4 members (excludes halogenated alkanes) is 1. The average Bonchev–Trinajstić information content (AvgIpc) is 3.72. The first kappa shape index (κ1) is 28.4. The molecule has 5 rings (SSSR count). The fourth-order valence-electron chi connectivity index (χ4n) is 5.96. The van der Waals surface area contributed by atoms with Gasteiger partial charge in [0.05, 0.1) is 25.9 Å². The molecule has 1 unspecified atom stereocenters. The van der Waals surface area contributed by atoms with Gasteiger partial charge in [-0.25, -0.2) is 9.55 Å². The van der Waals surface area contributed by atoms with E-state index in [2.05, 4.69) is 11.9 Å². The standard InChI is InChI=1S/C30H37N5O6/c1-4-5-11-35(22-7-6-10-32(2)16-22)27(36)18-34-17-23(21-14-25(39-3)29-26(15-21)40-20-41-29)28(30(37)38)24(34)8-12-33-13-9-31-19-33/h6-7,9-10,13-16,19,23-24,28H,4-5,8,11-12,17-18,20H2,1-3H3/p+1/t23-,24+,28?/m1/s1. The fourth-order valence-corrected chi connectivity index (χ4v) is 5.96. The van der Waals surface area contributed by atoms with E-state index in [0.29, 0.717) is 43.3 Å². The van der Waals surface area contributed by atoms with Crippen LogP contribution in [-0.4, -0.2) is 71.0 Å². The highest BCUT2D eigenvalue weighted by Gasteiger charge is 2.47. The number of aryl methyl sites for hydroxylation is 2. The Morgan fingerprint density at radius 1 is 1.29 bits per heavy atom. The van der Waals surface area contributed by atoms with Crippen LogP contribution < -0.4 is 23.7 Å². The van der Waals surface area contributed by atoms with Gasteiger partial charge in [-0.2, -0.15) is 0 Å². The largest absolute Gasteiger partial charge is 0.493 e. The normalized spacial score (nSPS) is 19.8. The van der Waals surface area contributed by atoms with Crippen LogP contribution in [0.25, 0.3) is 0 Å². The lowest BCUT2D eigenvalue weighted by Gasteiger charge is -2.29. The first-order chi connectivity index (χ1) is 19.9. The molecule has 0 saturated carbocycles. The zero-order valence-corrected chi connectivity index (χ0v) is 23.8. The van der Waals surface area contributed by atoms with Gasteiger partial charge >= 0.3 is 5.97 Å². The Bertz CT molecular complexity index is 1360. The molecule has 1 fully saturated rings. The number of benzene rings is 1. The Kier molecular flexibility index (Phi) is 8.72. The second kappa shape index (κ2) is 12.6. The molecule has 2 aromatic heterocycles. The van der Waals surface area contributed by atoms with E-state index in [1.165, 1.54) is 0 Å². The summed E-state index contributed by atoms with van der Waals surface area (Å²) in [5.74, 6) is -0.500. The van der Waals surface area contributed by atoms with Gasteiger partial charge in [0, 0.05) is 50.1 Å². The summed E-state index contributed by atoms with van der Waals surface area (Å²) >= 11 is 0. The van der Waals surface area contributed by atoms with Crippen molar-refractivity contribution in [1.29, 1.82) is 0 Å². The molecule has 3 atom stereocenters. The number of carbonyl (C=O) groups is 2. The number of hydrogen-bond acceptors (Lipinski definition) is 7. The Labute approximate surface area is 239 Å². The highest BCUT2D eigenvalue weighted by Crippen LogP contribution is 2.47. The van der Waals surface area contributed by atoms with Gasteiger partial charge < -0.3 is 28.8 Å². The minimum absolute atomic E-state index is 0.0506. The molecule has 3 aromatic rings. The van der Waals surface area contributed by atoms with Gasteiger partial charge in [0.1, 0.15) is 12.7 Å². The molecule has 2 aliphatic heterocycles. The van der Waals surface area contributed by atoms with Gasteiger partial charge in [-0.15, -0.1) is 0 Å². The number of methoxy groups -OCH3 is 1. The lowest BCUT2D eigenvalue weighted by molar-refractivity contribution is -0.670. The third-order valence-electron chi connectivity index (χ3n) is 7.99. The first-order valence-electron chi connectivity index (χ1n) is 14.0. The molecule has 1 N–H and O–H groups in total. The van der Waals surface area contributed by atoms with Crippen LogP contribution in [0.1, 0.15) is 37.7 Å². The molecular formula is C30H38N5O6+. The molecule has 0 aliphatic carbocycles. The number of aromatic nitrogens is 3. The van der Waals surface area contributed by atoms with Crippen molar-refractivity contribution in [1.82, 2.24) is 14.5 Å². The number of carboxylic acid groups (broad SMARTS) is 1. The van der Waals surface area contributed by atoms with Gasteiger partial charge in [-0.1, -0.05) is 13.3 Å². The number of likely N-dealkylation sites (tertiary alicyclic amines) is 1. The molecule has 11 nitrogen and oxygen atoms in total. The number of aliphatic carboxylic acids is 1. The Hall–Kier alpha value is -4.12. The highest BCUT2D eigenvalue weighted by atomic mass is 16.7. The average molecular weight is 565 g/mol. The van der Waals surface area contributed by atoms with Crippen LogP contribution in [0, 0.1) is 5.92 Å². The number of fused-ring (bicyclic) bond motifs is 1. The van der Waals surface area contributed by atoms with E-state index in [1.54, 1.807) is 19.6 Å². The molecule has 218 valence electrons. The number of hydrogen-bond donors (Lipinski definition) is 1. The van der Waals surface area contributed by atoms with E-state index >= 15 is 0 Å². The minimum Gasteiger partial charge on any atom is -0.493 e. The number of rotatable bonds is 12. The number of ether oxygens (including phenoxy) is 3. The molecule has 0 radical (unpaired) electrons. The van der Waals surface area contributed by atoms with Crippen molar-refractivity contribution in [3.63, 3.8) is 0 Å². The SMILES string of the molecule is CCCCN(C(=O)CN1C[C@H](c2cc(OC)c3c(c2)OCO3)C(C(=O)O)[C@@H]1CCn1ccnc1)c1ccc[n+](C)c1. The maximum atomic E-state index is 13.9. The number of imidazole rings is 1. The first-order valence-corrected chi connectivity index (χ1v) is 14.0. The monoisotopic (exact) mass is 564 g/mol. The maximum absolute atomic E-state index is 13.9. The van der Waals surface area contributed by atoms with Gasteiger partial charge in [0.25, 0.3) is 0 Å². The van der Waals surface area contributed by atoms with Gasteiger partial charge in [0.15, 0.2) is 23.9 Å². The quantitative estimate of drug-likeness (QED) is 0.335. The maximum Gasteiger partial charge on any atom is 0.308 e. The van der Waals surface area contributed by atoms with Crippen LogP contribution in [0.5, 0.6) is 17.2 Å². The Morgan fingerprint density at radius 3 is 2.85 bits per heavy atom. The van der Waals surface area contributed by atoms with Crippen molar-refractivity contribution >= 4 is 17.6 Å². The number of nitrogens with zero attached hydrogens (tertiary/aromatic N) is 5. The zero-order valence-electron chi connectivity index (χ0n) is 23.8. The third kappa shape index (κ3) is 6.14. The Balaban J connectivity index is 1.47. The van der Waals surface area contributed by atoms with Crippen molar-refractivity contribution in [2.45, 2.75) is 44.7 Å². The Morgan fingerprint density at radius 2 is 2.15 bits per heavy atom. The number of amides is 1. The molecular weight excluding hydrogens is 526 g/mol. The molecule has 11 heteroatoms. The van der Waals surface area contributed by atoms with E-state index in [4.69, 9.17) is 14.2 Å². The molecule has 2 aliphatic rings. The molecule has 1 saturated heterocycles. The summed E-state index contributed by atoms with van der Waals surface area (Å²) in [7, 11) is 3.48. The summed E-state index contributed by atoms with van der Waals surface area (Å²) in [5, 5.41) is 10.5. The molecule has 0 spiro atoms. The fraction of sp³-hybridized carbons (Fsp3) is 0.467. The minimum atomic E-state index is -0.893. The molecule has 41 heavy (non-hydrogen) atoms. The third-order valence-corrected chi connectivity index (χ3v) is 7.99. The van der Waals surface area contributed by atoms with Crippen LogP contribution >= 0.6 is 0 Å². The van der Waals surface area contributed by atoms with Crippen molar-refractivity contribution < 1.29 is 33.5 Å². The zero-order chi connectivity index (χ0) is 28.9. The summed E-state index contributed by atoms with van der Waals surface area (Å²) in [6.07, 6.45) is 11.5. The lowest BCUT2D eigenvalue weighted by atomic mass is 9.84. The van der Waals surface area contributed by atoms with E-state index in [9.17, 15) is 14.7 Å². The van der Waals surface area contributed by atoms with Gasteiger partial charge in [0.2, 0.25) is 18.4 Å². The number of anilines is 1.